The van der Waals surface area contributed by atoms with Gasteiger partial charge in [0.1, 0.15) is 0 Å². The maximum atomic E-state index is 11.0. The predicted molar refractivity (Wildman–Crippen MR) is 42.4 cm³/mol. The van der Waals surface area contributed by atoms with Crippen molar-refractivity contribution in [3.63, 3.8) is 0 Å². The summed E-state index contributed by atoms with van der Waals surface area (Å²) in [4.78, 5) is 23.5. The van der Waals surface area contributed by atoms with Crippen LogP contribution in [0.25, 0.3) is 0 Å². The van der Waals surface area contributed by atoms with Crippen molar-refractivity contribution < 1.29 is 14.3 Å². The fraction of sp³-hybridized carbons (Fsp3) is 0.750. The van der Waals surface area contributed by atoms with Crippen LogP contribution in [0, 0.1) is 0 Å². The van der Waals surface area contributed by atoms with E-state index in [9.17, 15) is 9.59 Å². The lowest BCUT2D eigenvalue weighted by Crippen LogP contribution is -2.30. The first-order chi connectivity index (χ1) is 5.65. The molecular formula is C8H13NO3. The van der Waals surface area contributed by atoms with E-state index < -0.39 is 0 Å². The molecule has 0 aromatic rings. The molecule has 1 aliphatic rings. The molecule has 1 saturated heterocycles. The van der Waals surface area contributed by atoms with E-state index in [4.69, 9.17) is 0 Å². The highest BCUT2D eigenvalue weighted by Gasteiger charge is 2.29. The van der Waals surface area contributed by atoms with E-state index in [2.05, 4.69) is 4.74 Å². The normalized spacial score (nSPS) is 23.0. The van der Waals surface area contributed by atoms with Crippen molar-refractivity contribution in [3.05, 3.63) is 0 Å². The van der Waals surface area contributed by atoms with Gasteiger partial charge in [0.15, 0.2) is 0 Å². The summed E-state index contributed by atoms with van der Waals surface area (Å²) in [6.07, 6.45) is 1.64. The Balaban J connectivity index is 2.44. The highest BCUT2D eigenvalue weighted by molar-refractivity contribution is 5.80. The molecule has 0 aliphatic carbocycles. The molecule has 0 aromatic carbocycles. The first kappa shape index (κ1) is 9.03. The summed E-state index contributed by atoms with van der Waals surface area (Å²) in [5.41, 5.74) is 0. The van der Waals surface area contributed by atoms with Gasteiger partial charge in [0.05, 0.1) is 13.5 Å². The fourth-order valence-electron chi connectivity index (χ4n) is 1.38. The van der Waals surface area contributed by atoms with Crippen molar-refractivity contribution in [2.24, 2.45) is 0 Å². The molecule has 4 nitrogen and oxygen atoms in total. The molecule has 1 fully saturated rings. The van der Waals surface area contributed by atoms with Crippen LogP contribution >= 0.6 is 0 Å². The number of rotatable bonds is 2. The van der Waals surface area contributed by atoms with Gasteiger partial charge in [0, 0.05) is 19.5 Å². The van der Waals surface area contributed by atoms with Crippen molar-refractivity contribution in [1.29, 1.82) is 0 Å². The molecule has 68 valence electrons. The average Bonchev–Trinajstić information content (AvgIpc) is 2.36. The van der Waals surface area contributed by atoms with Crippen LogP contribution in [0.1, 0.15) is 19.3 Å². The Kier molecular flexibility index (Phi) is 2.68. The molecule has 0 saturated carbocycles. The van der Waals surface area contributed by atoms with Gasteiger partial charge < -0.3 is 9.64 Å². The number of nitrogens with zero attached hydrogens (tertiary/aromatic N) is 1. The molecule has 1 aliphatic heterocycles. The summed E-state index contributed by atoms with van der Waals surface area (Å²) in [6, 6.07) is 0.0462. The van der Waals surface area contributed by atoms with E-state index in [1.165, 1.54) is 7.11 Å². The summed E-state index contributed by atoms with van der Waals surface area (Å²) >= 11 is 0. The van der Waals surface area contributed by atoms with Gasteiger partial charge in [-0.25, -0.2) is 0 Å². The standard InChI is InChI=1S/C8H13NO3/c1-9-6(3-4-7(9)10)5-8(11)12-2/h6H,3-5H2,1-2H3/t6-/m0/s1. The molecule has 1 amide bonds. The van der Waals surface area contributed by atoms with Gasteiger partial charge >= 0.3 is 5.97 Å². The SMILES string of the molecule is COC(=O)C[C@@H]1CCC(=O)N1C. The van der Waals surface area contributed by atoms with Crippen LogP contribution in [-0.2, 0) is 14.3 Å². The zero-order valence-electron chi connectivity index (χ0n) is 7.37. The third-order valence-corrected chi connectivity index (χ3v) is 2.26. The Morgan fingerprint density at radius 2 is 2.42 bits per heavy atom. The molecule has 0 unspecified atom stereocenters. The molecule has 1 heterocycles. The van der Waals surface area contributed by atoms with Gasteiger partial charge in [-0.05, 0) is 6.42 Å². The number of carbonyl (C=O) groups is 2. The monoisotopic (exact) mass is 171 g/mol. The van der Waals surface area contributed by atoms with Gasteiger partial charge in [0.2, 0.25) is 5.91 Å². The molecule has 0 N–H and O–H groups in total. The van der Waals surface area contributed by atoms with E-state index >= 15 is 0 Å². The molecule has 0 radical (unpaired) electrons. The topological polar surface area (TPSA) is 46.6 Å². The number of hydrogen-bond acceptors (Lipinski definition) is 3. The van der Waals surface area contributed by atoms with E-state index in [0.717, 1.165) is 6.42 Å². The van der Waals surface area contributed by atoms with Gasteiger partial charge in [-0.3, -0.25) is 9.59 Å². The van der Waals surface area contributed by atoms with E-state index in [-0.39, 0.29) is 17.9 Å². The number of esters is 1. The Morgan fingerprint density at radius 3 is 2.83 bits per heavy atom. The average molecular weight is 171 g/mol. The number of amides is 1. The highest BCUT2D eigenvalue weighted by atomic mass is 16.5. The number of carbonyl (C=O) groups excluding carboxylic acids is 2. The lowest BCUT2D eigenvalue weighted by atomic mass is 10.1. The summed E-state index contributed by atoms with van der Waals surface area (Å²) in [7, 11) is 3.09. The summed E-state index contributed by atoms with van der Waals surface area (Å²) in [6.45, 7) is 0. The Morgan fingerprint density at radius 1 is 1.75 bits per heavy atom. The predicted octanol–water partition coefficient (Wildman–Crippen LogP) is 0.170. The van der Waals surface area contributed by atoms with Crippen LogP contribution in [-0.4, -0.2) is 37.0 Å². The van der Waals surface area contributed by atoms with Crippen molar-refractivity contribution in [2.45, 2.75) is 25.3 Å². The van der Waals surface area contributed by atoms with Crippen molar-refractivity contribution in [1.82, 2.24) is 4.90 Å². The van der Waals surface area contributed by atoms with Crippen LogP contribution in [0.2, 0.25) is 0 Å². The number of ether oxygens (including phenoxy) is 1. The second-order valence-electron chi connectivity index (χ2n) is 2.98. The zero-order valence-corrected chi connectivity index (χ0v) is 7.37. The molecule has 0 spiro atoms. The molecule has 4 heteroatoms. The van der Waals surface area contributed by atoms with Crippen LogP contribution in [0.4, 0.5) is 0 Å². The minimum atomic E-state index is -0.249. The van der Waals surface area contributed by atoms with Crippen LogP contribution in [0.3, 0.4) is 0 Å². The van der Waals surface area contributed by atoms with E-state index in [1.54, 1.807) is 11.9 Å². The maximum Gasteiger partial charge on any atom is 0.307 e. The largest absolute Gasteiger partial charge is 0.469 e. The lowest BCUT2D eigenvalue weighted by Gasteiger charge is -2.17. The Labute approximate surface area is 71.5 Å². The first-order valence-corrected chi connectivity index (χ1v) is 3.97. The van der Waals surface area contributed by atoms with Crippen molar-refractivity contribution in [2.75, 3.05) is 14.2 Å². The smallest absolute Gasteiger partial charge is 0.307 e. The van der Waals surface area contributed by atoms with Gasteiger partial charge in [0.25, 0.3) is 0 Å². The van der Waals surface area contributed by atoms with E-state index in [0.29, 0.717) is 12.8 Å². The number of hydrogen-bond donors (Lipinski definition) is 0. The molecule has 0 bridgehead atoms. The zero-order chi connectivity index (χ0) is 9.14. The summed E-state index contributed by atoms with van der Waals surface area (Å²) in [5.74, 6) is -0.134. The molecule has 12 heavy (non-hydrogen) atoms. The Bertz CT molecular complexity index is 202. The second-order valence-corrected chi connectivity index (χ2v) is 2.98. The lowest BCUT2D eigenvalue weighted by molar-refractivity contribution is -0.142. The summed E-state index contributed by atoms with van der Waals surface area (Å²) in [5, 5.41) is 0. The van der Waals surface area contributed by atoms with Gasteiger partial charge in [-0.2, -0.15) is 0 Å². The van der Waals surface area contributed by atoms with Crippen LogP contribution < -0.4 is 0 Å². The Hall–Kier alpha value is -1.06. The second kappa shape index (κ2) is 3.56. The molecule has 1 atom stereocenters. The minimum Gasteiger partial charge on any atom is -0.469 e. The highest BCUT2D eigenvalue weighted by Crippen LogP contribution is 2.19. The number of likely N-dealkylation sites (tertiary alicyclic amines) is 1. The van der Waals surface area contributed by atoms with Gasteiger partial charge in [-0.1, -0.05) is 0 Å². The molecular weight excluding hydrogens is 158 g/mol. The molecule has 0 aromatic heterocycles. The van der Waals surface area contributed by atoms with Gasteiger partial charge in [-0.15, -0.1) is 0 Å². The third-order valence-electron chi connectivity index (χ3n) is 2.26. The third kappa shape index (κ3) is 1.75. The molecule has 1 rings (SSSR count). The quantitative estimate of drug-likeness (QED) is 0.556. The summed E-state index contributed by atoms with van der Waals surface area (Å²) < 4.78 is 4.52. The fourth-order valence-corrected chi connectivity index (χ4v) is 1.38. The van der Waals surface area contributed by atoms with Crippen molar-refractivity contribution >= 4 is 11.9 Å². The van der Waals surface area contributed by atoms with Crippen LogP contribution in [0.15, 0.2) is 0 Å². The first-order valence-electron chi connectivity index (χ1n) is 3.97. The van der Waals surface area contributed by atoms with Crippen molar-refractivity contribution in [3.8, 4) is 0 Å². The van der Waals surface area contributed by atoms with Crippen LogP contribution in [0.5, 0.6) is 0 Å². The number of methoxy groups -OCH3 is 1. The maximum absolute atomic E-state index is 11.0. The minimum absolute atomic E-state index is 0.0462. The van der Waals surface area contributed by atoms with E-state index in [1.807, 2.05) is 0 Å².